The lowest BCUT2D eigenvalue weighted by atomic mass is 10.1. The average Bonchev–Trinajstić information content (AvgIpc) is 3.29. The fourth-order valence-electron chi connectivity index (χ4n) is 3.79. The zero-order valence-corrected chi connectivity index (χ0v) is 19.5. The lowest BCUT2D eigenvalue weighted by molar-refractivity contribution is -0.129. The van der Waals surface area contributed by atoms with Gasteiger partial charge in [-0.05, 0) is 56.0 Å². The number of carbonyl (C=O) groups is 1. The van der Waals surface area contributed by atoms with E-state index in [-0.39, 0.29) is 16.7 Å². The van der Waals surface area contributed by atoms with Crippen LogP contribution < -0.4 is 5.56 Å². The van der Waals surface area contributed by atoms with Crippen molar-refractivity contribution in [3.05, 3.63) is 68.4 Å². The average molecular weight is 476 g/mol. The van der Waals surface area contributed by atoms with E-state index in [0.29, 0.717) is 39.1 Å². The van der Waals surface area contributed by atoms with Crippen molar-refractivity contribution in [1.29, 1.82) is 0 Å². The number of benzene rings is 2. The van der Waals surface area contributed by atoms with Crippen LogP contribution >= 0.6 is 35.0 Å². The molecular formula is C23H23Cl2N3O2S. The molecule has 1 aromatic heterocycles. The van der Waals surface area contributed by atoms with Crippen molar-refractivity contribution < 1.29 is 4.79 Å². The third kappa shape index (κ3) is 4.92. The van der Waals surface area contributed by atoms with Gasteiger partial charge in [0.05, 0.1) is 16.2 Å². The Morgan fingerprint density at radius 2 is 1.90 bits per heavy atom. The number of aryl methyl sites for hydroxylation is 1. The van der Waals surface area contributed by atoms with Crippen LogP contribution in [0, 0.1) is 0 Å². The molecule has 2 heterocycles. The Hall–Kier alpha value is -2.02. The monoisotopic (exact) mass is 475 g/mol. The molecular weight excluding hydrogens is 453 g/mol. The van der Waals surface area contributed by atoms with Gasteiger partial charge < -0.3 is 4.90 Å². The van der Waals surface area contributed by atoms with Gasteiger partial charge in [-0.3, -0.25) is 14.2 Å². The van der Waals surface area contributed by atoms with Crippen molar-refractivity contribution in [3.63, 3.8) is 0 Å². The van der Waals surface area contributed by atoms with Gasteiger partial charge in [0.15, 0.2) is 5.16 Å². The third-order valence-electron chi connectivity index (χ3n) is 5.49. The standard InChI is InChI=1S/C23H23Cl2N3O2S/c1-15(21(29)27-11-4-5-12-27)31-23-26-20-7-3-2-6-18(20)22(30)28(23)13-10-16-8-9-17(24)14-19(16)25/h2-3,6-9,14-15H,4-5,10-13H2,1H3. The Balaban J connectivity index is 1.65. The Kier molecular flexibility index (Phi) is 6.89. The molecule has 1 atom stereocenters. The summed E-state index contributed by atoms with van der Waals surface area (Å²) in [5.74, 6) is 0.0946. The van der Waals surface area contributed by atoms with Crippen LogP contribution in [0.2, 0.25) is 10.0 Å². The molecule has 162 valence electrons. The summed E-state index contributed by atoms with van der Waals surface area (Å²) in [6.45, 7) is 3.89. The molecule has 0 aliphatic carbocycles. The quantitative estimate of drug-likeness (QED) is 0.369. The maximum Gasteiger partial charge on any atom is 0.262 e. The Bertz CT molecular complexity index is 1180. The molecule has 1 aliphatic rings. The maximum absolute atomic E-state index is 13.3. The van der Waals surface area contributed by atoms with E-state index in [9.17, 15) is 9.59 Å². The molecule has 1 amide bonds. The smallest absolute Gasteiger partial charge is 0.262 e. The van der Waals surface area contributed by atoms with E-state index in [0.717, 1.165) is 31.5 Å². The number of amides is 1. The number of rotatable bonds is 6. The molecule has 1 unspecified atom stereocenters. The van der Waals surface area contributed by atoms with E-state index in [1.807, 2.05) is 36.1 Å². The van der Waals surface area contributed by atoms with Crippen LogP contribution in [0.5, 0.6) is 0 Å². The summed E-state index contributed by atoms with van der Waals surface area (Å²) in [4.78, 5) is 32.7. The normalized spacial score (nSPS) is 14.9. The largest absolute Gasteiger partial charge is 0.342 e. The first kappa shape index (κ1) is 22.2. The predicted octanol–water partition coefficient (Wildman–Crippen LogP) is 5.05. The van der Waals surface area contributed by atoms with Crippen molar-refractivity contribution >= 4 is 51.8 Å². The summed E-state index contributed by atoms with van der Waals surface area (Å²) >= 11 is 13.7. The van der Waals surface area contributed by atoms with E-state index in [1.165, 1.54) is 11.8 Å². The van der Waals surface area contributed by atoms with Crippen LogP contribution in [0.1, 0.15) is 25.3 Å². The topological polar surface area (TPSA) is 55.2 Å². The van der Waals surface area contributed by atoms with E-state index < -0.39 is 0 Å². The molecule has 0 bridgehead atoms. The van der Waals surface area contributed by atoms with Crippen LogP contribution in [-0.2, 0) is 17.8 Å². The minimum atomic E-state index is -0.323. The van der Waals surface area contributed by atoms with Gasteiger partial charge in [0.1, 0.15) is 0 Å². The Morgan fingerprint density at radius 3 is 2.65 bits per heavy atom. The first-order valence-electron chi connectivity index (χ1n) is 10.3. The second-order valence-electron chi connectivity index (χ2n) is 7.65. The lowest BCUT2D eigenvalue weighted by Crippen LogP contribution is -2.34. The highest BCUT2D eigenvalue weighted by molar-refractivity contribution is 8.00. The Morgan fingerprint density at radius 1 is 1.16 bits per heavy atom. The number of thioether (sulfide) groups is 1. The van der Waals surface area contributed by atoms with Crippen molar-refractivity contribution in [2.75, 3.05) is 13.1 Å². The highest BCUT2D eigenvalue weighted by Gasteiger charge is 2.26. The summed E-state index contributed by atoms with van der Waals surface area (Å²) < 4.78 is 1.66. The van der Waals surface area contributed by atoms with Gasteiger partial charge in [0, 0.05) is 29.7 Å². The number of nitrogens with zero attached hydrogens (tertiary/aromatic N) is 3. The fraction of sp³-hybridized carbons (Fsp3) is 0.348. The highest BCUT2D eigenvalue weighted by atomic mass is 35.5. The zero-order valence-electron chi connectivity index (χ0n) is 17.2. The molecule has 3 aromatic rings. The van der Waals surface area contributed by atoms with Crippen LogP contribution in [-0.4, -0.2) is 38.7 Å². The second-order valence-corrected chi connectivity index (χ2v) is 9.80. The first-order valence-corrected chi connectivity index (χ1v) is 12.0. The van der Waals surface area contributed by atoms with Gasteiger partial charge >= 0.3 is 0 Å². The van der Waals surface area contributed by atoms with Crippen LogP contribution in [0.15, 0.2) is 52.4 Å². The minimum absolute atomic E-state index is 0.0946. The predicted molar refractivity (Wildman–Crippen MR) is 127 cm³/mol. The number of fused-ring (bicyclic) bond motifs is 1. The molecule has 0 N–H and O–H groups in total. The van der Waals surface area contributed by atoms with Crippen LogP contribution in [0.25, 0.3) is 10.9 Å². The van der Waals surface area contributed by atoms with E-state index >= 15 is 0 Å². The molecule has 8 heteroatoms. The fourth-order valence-corrected chi connectivity index (χ4v) is 5.32. The van der Waals surface area contributed by atoms with E-state index in [4.69, 9.17) is 28.2 Å². The van der Waals surface area contributed by atoms with Gasteiger partial charge in [0.2, 0.25) is 5.91 Å². The minimum Gasteiger partial charge on any atom is -0.342 e. The SMILES string of the molecule is CC(Sc1nc2ccccc2c(=O)n1CCc1ccc(Cl)cc1Cl)C(=O)N1CCCC1. The molecule has 4 rings (SSSR count). The van der Waals surface area contributed by atoms with Crippen molar-refractivity contribution in [3.8, 4) is 0 Å². The number of para-hydroxylation sites is 1. The number of hydrogen-bond donors (Lipinski definition) is 0. The highest BCUT2D eigenvalue weighted by Crippen LogP contribution is 2.26. The molecule has 1 fully saturated rings. The number of hydrogen-bond acceptors (Lipinski definition) is 4. The molecule has 5 nitrogen and oxygen atoms in total. The number of likely N-dealkylation sites (tertiary alicyclic amines) is 1. The van der Waals surface area contributed by atoms with Gasteiger partial charge in [-0.2, -0.15) is 0 Å². The van der Waals surface area contributed by atoms with Gasteiger partial charge in [0.25, 0.3) is 5.56 Å². The molecule has 0 spiro atoms. The first-order chi connectivity index (χ1) is 14.9. The van der Waals surface area contributed by atoms with Gasteiger partial charge in [-0.1, -0.05) is 53.2 Å². The molecule has 31 heavy (non-hydrogen) atoms. The van der Waals surface area contributed by atoms with Crippen molar-refractivity contribution in [1.82, 2.24) is 14.5 Å². The number of halogens is 2. The zero-order chi connectivity index (χ0) is 22.0. The van der Waals surface area contributed by atoms with Crippen molar-refractivity contribution in [2.45, 2.75) is 43.1 Å². The van der Waals surface area contributed by atoms with E-state index in [2.05, 4.69) is 0 Å². The Labute approximate surface area is 195 Å². The third-order valence-corrected chi connectivity index (χ3v) is 7.16. The second kappa shape index (κ2) is 9.63. The molecule has 2 aromatic carbocycles. The van der Waals surface area contributed by atoms with Gasteiger partial charge in [-0.25, -0.2) is 4.98 Å². The lowest BCUT2D eigenvalue weighted by Gasteiger charge is -2.21. The summed E-state index contributed by atoms with van der Waals surface area (Å²) in [5, 5.41) is 1.93. The summed E-state index contributed by atoms with van der Waals surface area (Å²) in [7, 11) is 0. The van der Waals surface area contributed by atoms with Crippen LogP contribution in [0.4, 0.5) is 0 Å². The van der Waals surface area contributed by atoms with Gasteiger partial charge in [-0.15, -0.1) is 0 Å². The molecule has 0 saturated carbocycles. The summed E-state index contributed by atoms with van der Waals surface area (Å²) in [5.41, 5.74) is 1.43. The summed E-state index contributed by atoms with van der Waals surface area (Å²) in [6, 6.07) is 12.7. The maximum atomic E-state index is 13.3. The molecule has 1 saturated heterocycles. The van der Waals surface area contributed by atoms with Crippen molar-refractivity contribution in [2.24, 2.45) is 0 Å². The summed E-state index contributed by atoms with van der Waals surface area (Å²) in [6.07, 6.45) is 2.64. The number of aromatic nitrogens is 2. The van der Waals surface area contributed by atoms with E-state index in [1.54, 1.807) is 22.8 Å². The number of carbonyl (C=O) groups excluding carboxylic acids is 1. The molecule has 0 radical (unpaired) electrons. The molecule has 1 aliphatic heterocycles. The van der Waals surface area contributed by atoms with Crippen LogP contribution in [0.3, 0.4) is 0 Å².